The molecule has 0 saturated heterocycles. The van der Waals surface area contributed by atoms with E-state index >= 15 is 0 Å². The fourth-order valence-electron chi connectivity index (χ4n) is 5.80. The van der Waals surface area contributed by atoms with Crippen LogP contribution in [0, 0.1) is 6.92 Å². The third-order valence-corrected chi connectivity index (χ3v) is 8.45. The molecule has 2 aromatic carbocycles. The van der Waals surface area contributed by atoms with Crippen molar-refractivity contribution in [3.05, 3.63) is 75.6 Å². The zero-order valence-corrected chi connectivity index (χ0v) is 20.0. The first-order valence-corrected chi connectivity index (χ1v) is 12.9. The van der Waals surface area contributed by atoms with E-state index in [2.05, 4.69) is 64.8 Å². The zero-order chi connectivity index (χ0) is 22.6. The Hall–Kier alpha value is -2.86. The zero-order valence-electron chi connectivity index (χ0n) is 19.2. The highest BCUT2D eigenvalue weighted by atomic mass is 32.2. The van der Waals surface area contributed by atoms with Gasteiger partial charge in [0.15, 0.2) is 5.16 Å². The summed E-state index contributed by atoms with van der Waals surface area (Å²) >= 11 is 1.72. The molecule has 2 aromatic heterocycles. The van der Waals surface area contributed by atoms with Crippen LogP contribution in [-0.4, -0.2) is 24.9 Å². The van der Waals surface area contributed by atoms with Crippen molar-refractivity contribution in [1.82, 2.24) is 19.2 Å². The summed E-state index contributed by atoms with van der Waals surface area (Å²) < 4.78 is 3.98. The van der Waals surface area contributed by atoms with Gasteiger partial charge in [-0.1, -0.05) is 73.5 Å². The van der Waals surface area contributed by atoms with Gasteiger partial charge in [0.05, 0.1) is 11.4 Å². The minimum atomic E-state index is -0.113. The van der Waals surface area contributed by atoms with E-state index in [1.807, 2.05) is 12.1 Å². The van der Waals surface area contributed by atoms with Crippen LogP contribution in [0.3, 0.4) is 0 Å². The number of rotatable bonds is 4. The van der Waals surface area contributed by atoms with Gasteiger partial charge in [0.1, 0.15) is 0 Å². The maximum atomic E-state index is 14.4. The summed E-state index contributed by atoms with van der Waals surface area (Å²) in [6, 6.07) is 16.8. The van der Waals surface area contributed by atoms with Crippen molar-refractivity contribution in [3.63, 3.8) is 0 Å². The van der Waals surface area contributed by atoms with Crippen LogP contribution in [-0.2, 0) is 11.8 Å². The molecule has 0 unspecified atom stereocenters. The second-order valence-electron chi connectivity index (χ2n) is 9.49. The van der Waals surface area contributed by atoms with E-state index in [1.165, 1.54) is 24.0 Å². The minimum absolute atomic E-state index is 0.0668. The number of fused-ring (bicyclic) bond motifs is 6. The molecule has 168 valence electrons. The van der Waals surface area contributed by atoms with Crippen molar-refractivity contribution in [2.24, 2.45) is 0 Å². The number of aromatic nitrogens is 4. The van der Waals surface area contributed by atoms with E-state index in [4.69, 9.17) is 0 Å². The van der Waals surface area contributed by atoms with Gasteiger partial charge in [-0.3, -0.25) is 9.20 Å². The van der Waals surface area contributed by atoms with Crippen LogP contribution in [0.25, 0.3) is 22.7 Å². The molecule has 0 aliphatic heterocycles. The van der Waals surface area contributed by atoms with Crippen LogP contribution in [0.5, 0.6) is 0 Å². The fourth-order valence-corrected chi connectivity index (χ4v) is 6.59. The average Bonchev–Trinajstić information content (AvgIpc) is 3.46. The summed E-state index contributed by atoms with van der Waals surface area (Å²) in [6.45, 7) is 4.24. The molecule has 2 heterocycles. The van der Waals surface area contributed by atoms with Crippen molar-refractivity contribution in [2.75, 3.05) is 5.75 Å². The fraction of sp³-hybridized carbons (Fsp3) is 0.370. The minimum Gasteiger partial charge on any atom is -0.268 e. The van der Waals surface area contributed by atoms with E-state index in [-0.39, 0.29) is 11.0 Å². The van der Waals surface area contributed by atoms with Gasteiger partial charge in [0, 0.05) is 22.3 Å². The van der Waals surface area contributed by atoms with Crippen molar-refractivity contribution in [2.45, 2.75) is 62.9 Å². The average molecular weight is 457 g/mol. The molecule has 0 atom stereocenters. The number of nitrogens with zero attached hydrogens (tertiary/aromatic N) is 4. The number of hydrogen-bond donors (Lipinski definition) is 0. The lowest BCUT2D eigenvalue weighted by Crippen LogP contribution is -2.40. The molecule has 1 saturated carbocycles. The highest BCUT2D eigenvalue weighted by molar-refractivity contribution is 7.99. The summed E-state index contributed by atoms with van der Waals surface area (Å²) in [5, 5.41) is 10.0. The van der Waals surface area contributed by atoms with Gasteiger partial charge in [0.2, 0.25) is 5.78 Å². The summed E-state index contributed by atoms with van der Waals surface area (Å²) in [6.07, 6.45) is 6.45. The number of benzene rings is 2. The summed E-state index contributed by atoms with van der Waals surface area (Å²) in [5.41, 5.74) is 6.45. The summed E-state index contributed by atoms with van der Waals surface area (Å²) in [5.74, 6) is 1.57. The smallest absolute Gasteiger partial charge is 0.263 e. The molecule has 0 N–H and O–H groups in total. The van der Waals surface area contributed by atoms with Gasteiger partial charge in [0.25, 0.3) is 5.56 Å². The Morgan fingerprint density at radius 3 is 2.55 bits per heavy atom. The summed E-state index contributed by atoms with van der Waals surface area (Å²) in [4.78, 5) is 14.4. The lowest BCUT2D eigenvalue weighted by atomic mass is 9.68. The Bertz CT molecular complexity index is 1410. The van der Waals surface area contributed by atoms with Crippen LogP contribution >= 0.6 is 11.8 Å². The molecule has 4 aromatic rings. The number of hydrogen-bond acceptors (Lipinski definition) is 4. The Balaban J connectivity index is 1.77. The molecule has 1 fully saturated rings. The first kappa shape index (κ1) is 20.7. The van der Waals surface area contributed by atoms with Crippen LogP contribution in [0.4, 0.5) is 0 Å². The van der Waals surface area contributed by atoms with Crippen molar-refractivity contribution in [3.8, 4) is 16.9 Å². The molecule has 33 heavy (non-hydrogen) atoms. The third kappa shape index (κ3) is 3.11. The molecule has 1 spiro atoms. The van der Waals surface area contributed by atoms with Gasteiger partial charge in [-0.2, -0.15) is 0 Å². The lowest BCUT2D eigenvalue weighted by Gasteiger charge is -2.37. The lowest BCUT2D eigenvalue weighted by molar-refractivity contribution is 0.424. The molecule has 5 nitrogen and oxygen atoms in total. The van der Waals surface area contributed by atoms with Crippen molar-refractivity contribution in [1.29, 1.82) is 0 Å². The topological polar surface area (TPSA) is 52.2 Å². The first-order valence-electron chi connectivity index (χ1n) is 12.0. The maximum Gasteiger partial charge on any atom is 0.263 e. The van der Waals surface area contributed by atoms with E-state index in [9.17, 15) is 4.79 Å². The number of aryl methyl sites for hydroxylation is 1. The van der Waals surface area contributed by atoms with Gasteiger partial charge in [-0.25, -0.2) is 4.57 Å². The standard InChI is InChI=1S/C27H28N4OS/c1-3-16-33-26-29-28-25-30(20-12-10-18(2)11-13-20)24(32)22-23(31(25)26)21-9-5-4-8-19(21)17-27(22)14-6-7-15-27/h4-5,8-13H,3,6-7,14-17H2,1-2H3. The van der Waals surface area contributed by atoms with Gasteiger partial charge in [-0.15, -0.1) is 10.2 Å². The maximum absolute atomic E-state index is 14.4. The Morgan fingerprint density at radius 2 is 1.79 bits per heavy atom. The molecule has 2 aliphatic carbocycles. The molecular formula is C27H28N4OS. The number of thioether (sulfide) groups is 1. The molecular weight excluding hydrogens is 428 g/mol. The van der Waals surface area contributed by atoms with E-state index in [0.29, 0.717) is 5.78 Å². The van der Waals surface area contributed by atoms with Crippen LogP contribution in [0.1, 0.15) is 55.7 Å². The molecule has 6 heteroatoms. The normalized spacial score (nSPS) is 16.3. The van der Waals surface area contributed by atoms with Crippen LogP contribution < -0.4 is 5.56 Å². The molecule has 6 rings (SSSR count). The Kier molecular flexibility index (Phi) is 4.94. The SMILES string of the molecule is CCCSc1nnc2n(-c3ccc(C)cc3)c(=O)c3c(n12)-c1ccccc1CC31CCCC1. The summed E-state index contributed by atoms with van der Waals surface area (Å²) in [7, 11) is 0. The van der Waals surface area contributed by atoms with Gasteiger partial charge in [-0.05, 0) is 50.3 Å². The molecule has 0 amide bonds. The molecule has 0 radical (unpaired) electrons. The monoisotopic (exact) mass is 456 g/mol. The second kappa shape index (κ2) is 7.87. The highest BCUT2D eigenvalue weighted by Gasteiger charge is 2.45. The quantitative estimate of drug-likeness (QED) is 0.368. The molecule has 0 bridgehead atoms. The Morgan fingerprint density at radius 1 is 1.03 bits per heavy atom. The van der Waals surface area contributed by atoms with Crippen LogP contribution in [0.2, 0.25) is 0 Å². The van der Waals surface area contributed by atoms with Gasteiger partial charge < -0.3 is 0 Å². The van der Waals surface area contributed by atoms with Crippen LogP contribution in [0.15, 0.2) is 58.5 Å². The molecule has 2 aliphatic rings. The van der Waals surface area contributed by atoms with Crippen molar-refractivity contribution >= 4 is 17.5 Å². The predicted molar refractivity (Wildman–Crippen MR) is 134 cm³/mol. The Labute approximate surface area is 197 Å². The van der Waals surface area contributed by atoms with E-state index in [1.54, 1.807) is 16.3 Å². The first-order chi connectivity index (χ1) is 16.1. The van der Waals surface area contributed by atoms with Crippen molar-refractivity contribution < 1.29 is 0 Å². The highest BCUT2D eigenvalue weighted by Crippen LogP contribution is 2.50. The predicted octanol–water partition coefficient (Wildman–Crippen LogP) is 5.73. The van der Waals surface area contributed by atoms with E-state index < -0.39 is 0 Å². The third-order valence-electron chi connectivity index (χ3n) is 7.31. The van der Waals surface area contributed by atoms with Gasteiger partial charge >= 0.3 is 0 Å². The second-order valence-corrected chi connectivity index (χ2v) is 10.5. The largest absolute Gasteiger partial charge is 0.268 e. The van der Waals surface area contributed by atoms with E-state index in [0.717, 1.165) is 59.1 Å².